The van der Waals surface area contributed by atoms with Crippen molar-refractivity contribution < 1.29 is 17.9 Å². The predicted octanol–water partition coefficient (Wildman–Crippen LogP) is 1.67. The highest BCUT2D eigenvalue weighted by Gasteiger charge is 2.12. The number of aliphatic imine (C=N–C) groups is 1. The highest BCUT2D eigenvalue weighted by Crippen LogP contribution is 2.10. The zero-order chi connectivity index (χ0) is 18.4. The van der Waals surface area contributed by atoms with E-state index in [2.05, 4.69) is 29.5 Å². The van der Waals surface area contributed by atoms with Crippen molar-refractivity contribution in [2.24, 2.45) is 10.9 Å². The summed E-state index contributed by atoms with van der Waals surface area (Å²) in [4.78, 5) is 4.54. The maximum atomic E-state index is 11.0. The predicted molar refractivity (Wildman–Crippen MR) is 115 cm³/mol. The van der Waals surface area contributed by atoms with Crippen LogP contribution in [0.1, 0.15) is 34.1 Å². The molecule has 152 valence electrons. The minimum atomic E-state index is -2.96. The second-order valence-electron chi connectivity index (χ2n) is 5.96. The Labute approximate surface area is 170 Å². The molecule has 0 radical (unpaired) electrons. The summed E-state index contributed by atoms with van der Waals surface area (Å²) in [6, 6.07) is 0. The fourth-order valence-electron chi connectivity index (χ4n) is 2.02. The van der Waals surface area contributed by atoms with Crippen molar-refractivity contribution in [3.8, 4) is 0 Å². The molecule has 0 rings (SSSR count). The molecule has 0 aliphatic carbocycles. The third-order valence-corrected chi connectivity index (χ3v) is 4.20. The molecule has 1 unspecified atom stereocenters. The number of hydrogen-bond donors (Lipinski definition) is 2. The number of halogens is 1. The maximum absolute atomic E-state index is 11.0. The van der Waals surface area contributed by atoms with Gasteiger partial charge in [0, 0.05) is 32.5 Å². The summed E-state index contributed by atoms with van der Waals surface area (Å²) < 4.78 is 33.0. The van der Waals surface area contributed by atoms with Gasteiger partial charge in [-0.05, 0) is 26.2 Å². The highest BCUT2D eigenvalue weighted by molar-refractivity contribution is 14.0. The average Bonchev–Trinajstić information content (AvgIpc) is 2.48. The molecule has 0 aromatic rings. The third kappa shape index (κ3) is 17.1. The second-order valence-corrected chi connectivity index (χ2v) is 8.22. The Balaban J connectivity index is 0. The van der Waals surface area contributed by atoms with Crippen LogP contribution in [-0.2, 0) is 19.3 Å². The molecule has 0 spiro atoms. The van der Waals surface area contributed by atoms with Crippen LogP contribution in [0.25, 0.3) is 0 Å². The SMILES string of the molecule is CCNC(=NCCC(OCC)C(C)C)NCCOCCS(C)(=O)=O.I. The Hall–Kier alpha value is -0.130. The summed E-state index contributed by atoms with van der Waals surface area (Å²) in [5, 5.41) is 6.36. The van der Waals surface area contributed by atoms with Crippen LogP contribution < -0.4 is 10.6 Å². The van der Waals surface area contributed by atoms with Crippen molar-refractivity contribution >= 4 is 39.8 Å². The Morgan fingerprint density at radius 2 is 1.84 bits per heavy atom. The van der Waals surface area contributed by atoms with Crippen molar-refractivity contribution in [2.45, 2.75) is 40.2 Å². The van der Waals surface area contributed by atoms with Crippen LogP contribution in [0.5, 0.6) is 0 Å². The van der Waals surface area contributed by atoms with Gasteiger partial charge in [-0.1, -0.05) is 13.8 Å². The van der Waals surface area contributed by atoms with E-state index >= 15 is 0 Å². The van der Waals surface area contributed by atoms with Crippen LogP contribution in [0.2, 0.25) is 0 Å². The standard InChI is InChI=1S/C16H35N3O4S.HI/c1-6-17-16(18-9-8-15(14(3)4)23-7-2)19-10-11-22-12-13-24(5,20)21;/h14-15H,6-13H2,1-5H3,(H2,17,18,19);1H. The number of ether oxygens (including phenoxy) is 2. The van der Waals surface area contributed by atoms with Crippen LogP contribution in [0.3, 0.4) is 0 Å². The first-order chi connectivity index (χ1) is 11.3. The number of nitrogens with zero attached hydrogens (tertiary/aromatic N) is 1. The Bertz CT molecular complexity index is 445. The van der Waals surface area contributed by atoms with Gasteiger partial charge in [0.15, 0.2) is 5.96 Å². The van der Waals surface area contributed by atoms with Crippen LogP contribution in [0, 0.1) is 5.92 Å². The molecule has 25 heavy (non-hydrogen) atoms. The minimum absolute atomic E-state index is 0. The number of rotatable bonds is 13. The van der Waals surface area contributed by atoms with E-state index in [-0.39, 0.29) is 42.4 Å². The first-order valence-corrected chi connectivity index (χ1v) is 10.7. The lowest BCUT2D eigenvalue weighted by atomic mass is 10.0. The van der Waals surface area contributed by atoms with Crippen LogP contribution in [-0.4, -0.2) is 71.9 Å². The van der Waals surface area contributed by atoms with Gasteiger partial charge in [-0.25, -0.2) is 8.42 Å². The van der Waals surface area contributed by atoms with Crippen molar-refractivity contribution in [1.29, 1.82) is 0 Å². The first kappa shape index (κ1) is 27.1. The van der Waals surface area contributed by atoms with Gasteiger partial charge in [-0.3, -0.25) is 4.99 Å². The topological polar surface area (TPSA) is 89.0 Å². The Morgan fingerprint density at radius 1 is 1.16 bits per heavy atom. The zero-order valence-corrected chi connectivity index (χ0v) is 19.4. The van der Waals surface area contributed by atoms with E-state index in [1.807, 2.05) is 13.8 Å². The van der Waals surface area contributed by atoms with E-state index in [1.165, 1.54) is 6.26 Å². The van der Waals surface area contributed by atoms with Gasteiger partial charge in [0.1, 0.15) is 9.84 Å². The zero-order valence-electron chi connectivity index (χ0n) is 16.2. The lowest BCUT2D eigenvalue weighted by Gasteiger charge is -2.20. The molecule has 0 aliphatic heterocycles. The van der Waals surface area contributed by atoms with Crippen molar-refractivity contribution in [2.75, 3.05) is 51.5 Å². The smallest absolute Gasteiger partial charge is 0.191 e. The van der Waals surface area contributed by atoms with Gasteiger partial charge in [-0.15, -0.1) is 24.0 Å². The molecular formula is C16H36IN3O4S. The third-order valence-electron chi connectivity index (χ3n) is 3.29. The molecule has 9 heteroatoms. The molecule has 0 heterocycles. The largest absolute Gasteiger partial charge is 0.379 e. The molecule has 0 amide bonds. The molecule has 0 fully saturated rings. The van der Waals surface area contributed by atoms with Gasteiger partial charge >= 0.3 is 0 Å². The maximum Gasteiger partial charge on any atom is 0.191 e. The van der Waals surface area contributed by atoms with E-state index in [0.29, 0.717) is 25.6 Å². The lowest BCUT2D eigenvalue weighted by Crippen LogP contribution is -2.39. The minimum Gasteiger partial charge on any atom is -0.379 e. The van der Waals surface area contributed by atoms with Gasteiger partial charge in [0.25, 0.3) is 0 Å². The van der Waals surface area contributed by atoms with E-state index in [0.717, 1.165) is 25.5 Å². The van der Waals surface area contributed by atoms with Crippen molar-refractivity contribution in [3.05, 3.63) is 0 Å². The quantitative estimate of drug-likeness (QED) is 0.176. The summed E-state index contributed by atoms with van der Waals surface area (Å²) in [5.41, 5.74) is 0. The second kappa shape index (κ2) is 16.1. The summed E-state index contributed by atoms with van der Waals surface area (Å²) in [5.74, 6) is 1.26. The number of sulfone groups is 1. The molecule has 0 bridgehead atoms. The number of guanidine groups is 1. The van der Waals surface area contributed by atoms with Gasteiger partial charge < -0.3 is 20.1 Å². The molecule has 0 aliphatic rings. The average molecular weight is 493 g/mol. The van der Waals surface area contributed by atoms with Crippen LogP contribution >= 0.6 is 24.0 Å². The number of nitrogens with one attached hydrogen (secondary N) is 2. The normalized spacial score (nSPS) is 13.4. The monoisotopic (exact) mass is 493 g/mol. The highest BCUT2D eigenvalue weighted by atomic mass is 127. The molecule has 0 saturated heterocycles. The Morgan fingerprint density at radius 3 is 2.36 bits per heavy atom. The fraction of sp³-hybridized carbons (Fsp3) is 0.938. The molecule has 2 N–H and O–H groups in total. The van der Waals surface area contributed by atoms with Gasteiger partial charge in [-0.2, -0.15) is 0 Å². The van der Waals surface area contributed by atoms with E-state index in [1.54, 1.807) is 0 Å². The molecule has 0 saturated carbocycles. The molecule has 1 atom stereocenters. The fourth-order valence-corrected chi connectivity index (χ4v) is 2.44. The van der Waals surface area contributed by atoms with Gasteiger partial charge in [0.2, 0.25) is 0 Å². The van der Waals surface area contributed by atoms with Crippen molar-refractivity contribution in [1.82, 2.24) is 10.6 Å². The van der Waals surface area contributed by atoms with Crippen LogP contribution in [0.15, 0.2) is 4.99 Å². The van der Waals surface area contributed by atoms with E-state index in [4.69, 9.17) is 9.47 Å². The lowest BCUT2D eigenvalue weighted by molar-refractivity contribution is 0.0266. The van der Waals surface area contributed by atoms with Gasteiger partial charge in [0.05, 0.1) is 25.1 Å². The molecule has 7 nitrogen and oxygen atoms in total. The van der Waals surface area contributed by atoms with E-state index < -0.39 is 9.84 Å². The van der Waals surface area contributed by atoms with E-state index in [9.17, 15) is 8.42 Å². The molecular weight excluding hydrogens is 457 g/mol. The summed E-state index contributed by atoms with van der Waals surface area (Å²) in [6.07, 6.45) is 2.31. The number of hydrogen-bond acceptors (Lipinski definition) is 5. The molecule has 0 aromatic carbocycles. The molecule has 0 aromatic heterocycles. The van der Waals surface area contributed by atoms with Crippen molar-refractivity contribution in [3.63, 3.8) is 0 Å². The summed E-state index contributed by atoms with van der Waals surface area (Å²) in [6.45, 7) is 11.7. The Kier molecular flexibility index (Phi) is 17.4. The summed E-state index contributed by atoms with van der Waals surface area (Å²) >= 11 is 0. The van der Waals surface area contributed by atoms with Crippen LogP contribution in [0.4, 0.5) is 0 Å². The first-order valence-electron chi connectivity index (χ1n) is 8.69. The summed E-state index contributed by atoms with van der Waals surface area (Å²) in [7, 11) is -2.96.